The summed E-state index contributed by atoms with van der Waals surface area (Å²) >= 11 is 0. The molecule has 0 aromatic heterocycles. The molecule has 1 heterocycles. The first kappa shape index (κ1) is 17.5. The summed E-state index contributed by atoms with van der Waals surface area (Å²) in [6.45, 7) is 1.56. The molecule has 0 bridgehead atoms. The molecule has 0 radical (unpaired) electrons. The molecule has 2 aliphatic rings. The first-order chi connectivity index (χ1) is 12.1. The molecule has 1 aromatic rings. The fourth-order valence-electron chi connectivity index (χ4n) is 3.42. The normalized spacial score (nSPS) is 21.3. The molecule has 25 heavy (non-hydrogen) atoms. The number of hydrogen-bond donors (Lipinski definition) is 1. The zero-order valence-electron chi connectivity index (χ0n) is 14.3. The lowest BCUT2D eigenvalue weighted by atomic mass is 10.0. The number of carboxylic acid groups (broad SMARTS) is 1. The summed E-state index contributed by atoms with van der Waals surface area (Å²) in [5.74, 6) is -0.0641. The lowest BCUT2D eigenvalue weighted by molar-refractivity contribution is -0.141. The summed E-state index contributed by atoms with van der Waals surface area (Å²) < 4.78 is 15.8. The Hall–Kier alpha value is -2.28. The van der Waals surface area contributed by atoms with Gasteiger partial charge in [0, 0.05) is 26.1 Å². The first-order valence-electron chi connectivity index (χ1n) is 8.47. The Balaban J connectivity index is 1.68. The highest BCUT2D eigenvalue weighted by atomic mass is 16.7. The zero-order chi connectivity index (χ0) is 17.8. The van der Waals surface area contributed by atoms with E-state index in [2.05, 4.69) is 0 Å². The van der Waals surface area contributed by atoms with Crippen LogP contribution in [-0.2, 0) is 20.9 Å². The lowest BCUT2D eigenvalue weighted by Gasteiger charge is -2.25. The second kappa shape index (κ2) is 7.74. The number of hydrogen-bond acceptors (Lipinski definition) is 5. The highest BCUT2D eigenvalue weighted by molar-refractivity contribution is 5.81. The van der Waals surface area contributed by atoms with Crippen molar-refractivity contribution in [1.82, 2.24) is 4.90 Å². The molecule has 1 saturated carbocycles. The van der Waals surface area contributed by atoms with Crippen molar-refractivity contribution in [2.75, 3.05) is 27.1 Å². The Morgan fingerprint density at radius 2 is 2.00 bits per heavy atom. The molecule has 0 unspecified atom stereocenters. The van der Waals surface area contributed by atoms with Crippen LogP contribution in [0.4, 0.5) is 0 Å². The van der Waals surface area contributed by atoms with Gasteiger partial charge in [-0.05, 0) is 37.0 Å². The molecule has 7 nitrogen and oxygen atoms in total. The van der Waals surface area contributed by atoms with E-state index >= 15 is 0 Å². The third-order valence-corrected chi connectivity index (χ3v) is 4.82. The molecule has 0 spiro atoms. The second-order valence-electron chi connectivity index (χ2n) is 6.49. The van der Waals surface area contributed by atoms with E-state index in [1.54, 1.807) is 12.0 Å². The number of nitrogens with zero attached hydrogens (tertiary/aromatic N) is 1. The van der Waals surface area contributed by atoms with E-state index in [0.29, 0.717) is 50.5 Å². The number of carbonyl (C=O) groups excluding carboxylic acids is 1. The van der Waals surface area contributed by atoms with Crippen molar-refractivity contribution in [2.24, 2.45) is 11.8 Å². The van der Waals surface area contributed by atoms with Gasteiger partial charge < -0.3 is 24.2 Å². The number of benzene rings is 1. The number of methoxy groups -OCH3 is 1. The van der Waals surface area contributed by atoms with Crippen molar-refractivity contribution in [2.45, 2.75) is 25.8 Å². The van der Waals surface area contributed by atoms with E-state index in [4.69, 9.17) is 19.3 Å². The third-order valence-electron chi connectivity index (χ3n) is 4.82. The maximum Gasteiger partial charge on any atom is 0.306 e. The van der Waals surface area contributed by atoms with E-state index < -0.39 is 11.9 Å². The second-order valence-corrected chi connectivity index (χ2v) is 6.49. The van der Waals surface area contributed by atoms with Crippen LogP contribution >= 0.6 is 0 Å². The highest BCUT2D eigenvalue weighted by Crippen LogP contribution is 2.34. The molecule has 1 fully saturated rings. The predicted octanol–water partition coefficient (Wildman–Crippen LogP) is 1.89. The summed E-state index contributed by atoms with van der Waals surface area (Å²) in [5, 5.41) is 9.15. The van der Waals surface area contributed by atoms with Gasteiger partial charge in [-0.1, -0.05) is 6.07 Å². The molecule has 0 saturated heterocycles. The van der Waals surface area contributed by atoms with Crippen LogP contribution in [0.3, 0.4) is 0 Å². The van der Waals surface area contributed by atoms with Gasteiger partial charge in [0.15, 0.2) is 11.5 Å². The van der Waals surface area contributed by atoms with Crippen molar-refractivity contribution in [1.29, 1.82) is 0 Å². The first-order valence-corrected chi connectivity index (χ1v) is 8.47. The van der Waals surface area contributed by atoms with E-state index in [0.717, 1.165) is 5.56 Å². The average Bonchev–Trinajstić information content (AvgIpc) is 3.26. The van der Waals surface area contributed by atoms with Gasteiger partial charge in [-0.3, -0.25) is 9.59 Å². The minimum atomic E-state index is -0.811. The zero-order valence-corrected chi connectivity index (χ0v) is 14.3. The Kier molecular flexibility index (Phi) is 5.43. The van der Waals surface area contributed by atoms with Gasteiger partial charge >= 0.3 is 5.97 Å². The largest absolute Gasteiger partial charge is 0.481 e. The lowest BCUT2D eigenvalue weighted by Crippen LogP contribution is -2.37. The maximum atomic E-state index is 12.9. The minimum absolute atomic E-state index is 0.00142. The summed E-state index contributed by atoms with van der Waals surface area (Å²) in [7, 11) is 1.60. The summed E-state index contributed by atoms with van der Waals surface area (Å²) in [6.07, 6.45) is 1.60. The predicted molar refractivity (Wildman–Crippen MR) is 88.3 cm³/mol. The van der Waals surface area contributed by atoms with Crippen LogP contribution in [0.25, 0.3) is 0 Å². The number of amides is 1. The SMILES string of the molecule is COCCN(Cc1ccc2c(c1)OCO2)C(=O)[C@@H]1CC[C@H](C(=O)O)C1. The fraction of sp³-hybridized carbons (Fsp3) is 0.556. The standard InChI is InChI=1S/C18H23NO6/c1-23-7-6-19(17(20)13-3-4-14(9-13)18(21)22)10-12-2-5-15-16(8-12)25-11-24-15/h2,5,8,13-14H,3-4,6-7,9-11H2,1H3,(H,21,22)/t13-,14+/m1/s1. The topological polar surface area (TPSA) is 85.3 Å². The van der Waals surface area contributed by atoms with Crippen LogP contribution in [0.5, 0.6) is 11.5 Å². The maximum absolute atomic E-state index is 12.9. The van der Waals surface area contributed by atoms with Gasteiger partial charge in [0.25, 0.3) is 0 Å². The third kappa shape index (κ3) is 4.04. The molecule has 3 rings (SSSR count). The van der Waals surface area contributed by atoms with E-state index in [1.807, 2.05) is 18.2 Å². The molecule has 1 aliphatic carbocycles. The van der Waals surface area contributed by atoms with E-state index in [1.165, 1.54) is 0 Å². The Morgan fingerprint density at radius 1 is 1.24 bits per heavy atom. The molecule has 1 N–H and O–H groups in total. The van der Waals surface area contributed by atoms with Gasteiger partial charge in [0.2, 0.25) is 12.7 Å². The quantitative estimate of drug-likeness (QED) is 0.809. The Labute approximate surface area is 146 Å². The van der Waals surface area contributed by atoms with Gasteiger partial charge in [-0.25, -0.2) is 0 Å². The molecular weight excluding hydrogens is 326 g/mol. The van der Waals surface area contributed by atoms with Crippen molar-refractivity contribution in [3.63, 3.8) is 0 Å². The molecule has 7 heteroatoms. The molecule has 1 aromatic carbocycles. The summed E-state index contributed by atoms with van der Waals surface area (Å²) in [4.78, 5) is 25.8. The monoisotopic (exact) mass is 349 g/mol. The van der Waals surface area contributed by atoms with Gasteiger partial charge in [0.1, 0.15) is 0 Å². The average molecular weight is 349 g/mol. The van der Waals surface area contributed by atoms with Gasteiger partial charge in [0.05, 0.1) is 12.5 Å². The summed E-state index contributed by atoms with van der Waals surface area (Å²) in [5.41, 5.74) is 0.946. The van der Waals surface area contributed by atoms with Crippen LogP contribution in [0.15, 0.2) is 18.2 Å². The van der Waals surface area contributed by atoms with Crippen LogP contribution in [0.2, 0.25) is 0 Å². The van der Waals surface area contributed by atoms with E-state index in [-0.39, 0.29) is 18.6 Å². The van der Waals surface area contributed by atoms with Gasteiger partial charge in [-0.15, -0.1) is 0 Å². The number of aliphatic carboxylic acids is 1. The van der Waals surface area contributed by atoms with Crippen LogP contribution < -0.4 is 9.47 Å². The molecule has 1 amide bonds. The highest BCUT2D eigenvalue weighted by Gasteiger charge is 2.35. The van der Waals surface area contributed by atoms with Crippen LogP contribution in [0, 0.1) is 11.8 Å². The number of carbonyl (C=O) groups is 2. The van der Waals surface area contributed by atoms with Crippen molar-refractivity contribution in [3.05, 3.63) is 23.8 Å². The Bertz CT molecular complexity index is 646. The van der Waals surface area contributed by atoms with Crippen LogP contribution in [-0.4, -0.2) is 48.9 Å². The van der Waals surface area contributed by atoms with Crippen LogP contribution in [0.1, 0.15) is 24.8 Å². The fourth-order valence-corrected chi connectivity index (χ4v) is 3.42. The summed E-state index contributed by atoms with van der Waals surface area (Å²) in [6, 6.07) is 5.63. The number of rotatable bonds is 7. The smallest absolute Gasteiger partial charge is 0.306 e. The van der Waals surface area contributed by atoms with Crippen molar-refractivity contribution >= 4 is 11.9 Å². The van der Waals surface area contributed by atoms with Crippen molar-refractivity contribution in [3.8, 4) is 11.5 Å². The number of carboxylic acids is 1. The number of ether oxygens (including phenoxy) is 3. The van der Waals surface area contributed by atoms with Gasteiger partial charge in [-0.2, -0.15) is 0 Å². The number of fused-ring (bicyclic) bond motifs is 1. The molecule has 2 atom stereocenters. The molecule has 136 valence electrons. The van der Waals surface area contributed by atoms with Crippen molar-refractivity contribution < 1.29 is 28.9 Å². The Morgan fingerprint density at radius 3 is 2.72 bits per heavy atom. The van der Waals surface area contributed by atoms with E-state index in [9.17, 15) is 9.59 Å². The molecule has 1 aliphatic heterocycles. The minimum Gasteiger partial charge on any atom is -0.481 e. The molecular formula is C18H23NO6.